The van der Waals surface area contributed by atoms with Crippen molar-refractivity contribution in [1.29, 1.82) is 0 Å². The monoisotopic (exact) mass is 337 g/mol. The zero-order chi connectivity index (χ0) is 13.9. The van der Waals surface area contributed by atoms with Crippen LogP contribution < -0.4 is 0 Å². The van der Waals surface area contributed by atoms with E-state index in [1.165, 1.54) is 12.8 Å². The molecule has 2 bridgehead atoms. The molecule has 1 aromatic carbocycles. The third-order valence-corrected chi connectivity index (χ3v) is 5.38. The molecule has 2 aliphatic heterocycles. The van der Waals surface area contributed by atoms with Crippen LogP contribution in [0.2, 0.25) is 0 Å². The summed E-state index contributed by atoms with van der Waals surface area (Å²) in [5, 5.41) is 0.983. The maximum atomic E-state index is 12.3. The first kappa shape index (κ1) is 13.9. The van der Waals surface area contributed by atoms with Gasteiger partial charge in [0.1, 0.15) is 6.61 Å². The first-order valence-corrected chi connectivity index (χ1v) is 8.43. The van der Waals surface area contributed by atoms with E-state index in [0.29, 0.717) is 24.5 Å². The standard InChI is InChI=1S/C16H20BrNO2/c17-9-14-8-13-6-7-15(14)18(10-13)16(19)20-11-12-4-2-1-3-5-12/h1-5,13-15H,6-11H2. The molecular weight excluding hydrogens is 318 g/mol. The largest absolute Gasteiger partial charge is 0.445 e. The minimum absolute atomic E-state index is 0.144. The number of fused-ring (bicyclic) bond motifs is 3. The van der Waals surface area contributed by atoms with Crippen LogP contribution in [0.25, 0.3) is 0 Å². The Hall–Kier alpha value is -1.03. The third kappa shape index (κ3) is 2.85. The molecule has 0 spiro atoms. The van der Waals surface area contributed by atoms with Crippen molar-refractivity contribution in [2.45, 2.75) is 31.9 Å². The molecule has 4 rings (SSSR count). The minimum Gasteiger partial charge on any atom is -0.445 e. The average molecular weight is 338 g/mol. The molecule has 3 fully saturated rings. The van der Waals surface area contributed by atoms with Gasteiger partial charge < -0.3 is 9.64 Å². The molecule has 0 radical (unpaired) electrons. The molecule has 1 aliphatic carbocycles. The lowest BCUT2D eigenvalue weighted by molar-refractivity contribution is 0.00171. The number of rotatable bonds is 3. The molecular formula is C16H20BrNO2. The van der Waals surface area contributed by atoms with Crippen molar-refractivity contribution in [1.82, 2.24) is 4.90 Å². The zero-order valence-electron chi connectivity index (χ0n) is 11.5. The number of piperidine rings is 2. The summed E-state index contributed by atoms with van der Waals surface area (Å²) >= 11 is 3.59. The quantitative estimate of drug-likeness (QED) is 0.784. The van der Waals surface area contributed by atoms with E-state index in [1.807, 2.05) is 35.2 Å². The predicted octanol–water partition coefficient (Wildman–Crippen LogP) is 3.82. The lowest BCUT2D eigenvalue weighted by atomic mass is 9.74. The lowest BCUT2D eigenvalue weighted by Crippen LogP contribution is -2.55. The molecule has 4 heteroatoms. The number of amides is 1. The van der Waals surface area contributed by atoms with Crippen molar-refractivity contribution < 1.29 is 9.53 Å². The van der Waals surface area contributed by atoms with Crippen molar-refractivity contribution >= 4 is 22.0 Å². The van der Waals surface area contributed by atoms with Crippen LogP contribution in [0.1, 0.15) is 24.8 Å². The Morgan fingerprint density at radius 2 is 2.10 bits per heavy atom. The van der Waals surface area contributed by atoms with Crippen molar-refractivity contribution in [3.8, 4) is 0 Å². The van der Waals surface area contributed by atoms with Crippen LogP contribution in [-0.2, 0) is 11.3 Å². The van der Waals surface area contributed by atoms with Crippen LogP contribution in [0.5, 0.6) is 0 Å². The number of halogens is 1. The number of benzene rings is 1. The van der Waals surface area contributed by atoms with E-state index in [0.717, 1.165) is 23.9 Å². The average Bonchev–Trinajstić information content (AvgIpc) is 2.53. The van der Waals surface area contributed by atoms with Gasteiger partial charge in [0.25, 0.3) is 0 Å². The van der Waals surface area contributed by atoms with Gasteiger partial charge in [-0.1, -0.05) is 46.3 Å². The number of ether oxygens (including phenoxy) is 1. The molecule has 3 aliphatic rings. The number of carbonyl (C=O) groups is 1. The van der Waals surface area contributed by atoms with Gasteiger partial charge in [-0.3, -0.25) is 0 Å². The second-order valence-electron chi connectivity index (χ2n) is 5.85. The van der Waals surface area contributed by atoms with Gasteiger partial charge in [0.05, 0.1) is 0 Å². The van der Waals surface area contributed by atoms with Crippen molar-refractivity contribution in [3.63, 3.8) is 0 Å². The van der Waals surface area contributed by atoms with E-state index >= 15 is 0 Å². The van der Waals surface area contributed by atoms with Crippen LogP contribution in [0.4, 0.5) is 4.79 Å². The van der Waals surface area contributed by atoms with E-state index in [-0.39, 0.29) is 6.09 Å². The molecule has 1 aromatic rings. The summed E-state index contributed by atoms with van der Waals surface area (Å²) in [5.41, 5.74) is 1.04. The van der Waals surface area contributed by atoms with E-state index in [4.69, 9.17) is 4.74 Å². The van der Waals surface area contributed by atoms with Gasteiger partial charge >= 0.3 is 6.09 Å². The molecule has 2 saturated heterocycles. The number of alkyl halides is 1. The summed E-state index contributed by atoms with van der Waals surface area (Å²) in [6, 6.07) is 10.2. The van der Waals surface area contributed by atoms with Crippen molar-refractivity contribution in [2.24, 2.45) is 11.8 Å². The molecule has 0 aromatic heterocycles. The number of nitrogens with zero attached hydrogens (tertiary/aromatic N) is 1. The zero-order valence-corrected chi connectivity index (χ0v) is 13.1. The second kappa shape index (κ2) is 6.17. The van der Waals surface area contributed by atoms with E-state index in [1.54, 1.807) is 0 Å². The fourth-order valence-corrected chi connectivity index (χ4v) is 4.21. The Labute approximate surface area is 128 Å². The smallest absolute Gasteiger partial charge is 0.410 e. The molecule has 1 saturated carbocycles. The number of hydrogen-bond donors (Lipinski definition) is 0. The molecule has 2 heterocycles. The Bertz CT molecular complexity index is 465. The molecule has 3 nitrogen and oxygen atoms in total. The van der Waals surface area contributed by atoms with E-state index in [2.05, 4.69) is 15.9 Å². The van der Waals surface area contributed by atoms with E-state index in [9.17, 15) is 4.79 Å². The summed E-state index contributed by atoms with van der Waals surface area (Å²) < 4.78 is 5.48. The normalized spacial score (nSPS) is 28.4. The van der Waals surface area contributed by atoms with Gasteiger partial charge in [-0.05, 0) is 36.7 Å². The van der Waals surface area contributed by atoms with Gasteiger partial charge in [0.2, 0.25) is 0 Å². The Balaban J connectivity index is 1.60. The maximum absolute atomic E-state index is 12.3. The van der Waals surface area contributed by atoms with Crippen LogP contribution in [-0.4, -0.2) is 28.9 Å². The minimum atomic E-state index is -0.144. The van der Waals surface area contributed by atoms with Gasteiger partial charge in [0.15, 0.2) is 0 Å². The fourth-order valence-electron chi connectivity index (χ4n) is 3.51. The van der Waals surface area contributed by atoms with Gasteiger partial charge in [-0.15, -0.1) is 0 Å². The summed E-state index contributed by atoms with van der Waals surface area (Å²) in [6.45, 7) is 1.24. The predicted molar refractivity (Wildman–Crippen MR) is 81.7 cm³/mol. The SMILES string of the molecule is O=C(OCc1ccccc1)N1CC2CCC1C(CBr)C2. The highest BCUT2D eigenvalue weighted by Gasteiger charge is 2.42. The lowest BCUT2D eigenvalue weighted by Gasteiger charge is -2.48. The highest BCUT2D eigenvalue weighted by Crippen LogP contribution is 2.40. The Kier molecular flexibility index (Phi) is 4.29. The molecule has 3 atom stereocenters. The first-order valence-electron chi connectivity index (χ1n) is 7.31. The summed E-state index contributed by atoms with van der Waals surface area (Å²) in [6.07, 6.45) is 3.49. The van der Waals surface area contributed by atoms with Crippen molar-refractivity contribution in [3.05, 3.63) is 35.9 Å². The number of hydrogen-bond acceptors (Lipinski definition) is 2. The fraction of sp³-hybridized carbons (Fsp3) is 0.562. The highest BCUT2D eigenvalue weighted by atomic mass is 79.9. The van der Waals surface area contributed by atoms with Crippen molar-refractivity contribution in [2.75, 3.05) is 11.9 Å². The summed E-state index contributed by atoms with van der Waals surface area (Å²) in [7, 11) is 0. The molecule has 3 unspecified atom stereocenters. The van der Waals surface area contributed by atoms with E-state index < -0.39 is 0 Å². The van der Waals surface area contributed by atoms with Gasteiger partial charge in [-0.2, -0.15) is 0 Å². The third-order valence-electron chi connectivity index (χ3n) is 4.54. The molecule has 0 N–H and O–H groups in total. The highest BCUT2D eigenvalue weighted by molar-refractivity contribution is 9.09. The maximum Gasteiger partial charge on any atom is 0.410 e. The Morgan fingerprint density at radius 1 is 1.30 bits per heavy atom. The Morgan fingerprint density at radius 3 is 2.80 bits per heavy atom. The van der Waals surface area contributed by atoms with Crippen LogP contribution >= 0.6 is 15.9 Å². The first-order chi connectivity index (χ1) is 9.78. The summed E-state index contributed by atoms with van der Waals surface area (Å²) in [4.78, 5) is 14.3. The van der Waals surface area contributed by atoms with Crippen LogP contribution in [0.3, 0.4) is 0 Å². The van der Waals surface area contributed by atoms with Gasteiger partial charge in [0, 0.05) is 17.9 Å². The molecule has 1 amide bonds. The van der Waals surface area contributed by atoms with Gasteiger partial charge in [-0.25, -0.2) is 4.79 Å². The topological polar surface area (TPSA) is 29.5 Å². The molecule has 20 heavy (non-hydrogen) atoms. The molecule has 108 valence electrons. The van der Waals surface area contributed by atoms with Crippen LogP contribution in [0, 0.1) is 11.8 Å². The second-order valence-corrected chi connectivity index (χ2v) is 6.50. The number of carbonyl (C=O) groups excluding carboxylic acids is 1. The summed E-state index contributed by atoms with van der Waals surface area (Å²) in [5.74, 6) is 1.25. The van der Waals surface area contributed by atoms with Crippen LogP contribution in [0.15, 0.2) is 30.3 Å².